The lowest BCUT2D eigenvalue weighted by molar-refractivity contribution is 1.07. The minimum Gasteiger partial charge on any atom is -0.399 e. The summed E-state index contributed by atoms with van der Waals surface area (Å²) in [4.78, 5) is 0. The molecule has 0 unspecified atom stereocenters. The second kappa shape index (κ2) is 20.5. The molecule has 0 aromatic heterocycles. The maximum Gasteiger partial charge on any atom is 0.0313 e. The van der Waals surface area contributed by atoms with Gasteiger partial charge in [-0.3, -0.25) is 0 Å². The third kappa shape index (κ3) is 18.2. The van der Waals surface area contributed by atoms with Gasteiger partial charge in [-0.15, -0.1) is 0 Å². The quantitative estimate of drug-likeness (QED) is 0.682. The van der Waals surface area contributed by atoms with Gasteiger partial charge in [-0.2, -0.15) is 0 Å². The van der Waals surface area contributed by atoms with E-state index < -0.39 is 0 Å². The molecule has 2 aromatic rings. The first-order valence-electron chi connectivity index (χ1n) is 7.29. The lowest BCUT2D eigenvalue weighted by Gasteiger charge is -1.90. The van der Waals surface area contributed by atoms with Gasteiger partial charge >= 0.3 is 0 Å². The lowest BCUT2D eigenvalue weighted by atomic mass is 10.2. The molecule has 0 aliphatic carbocycles. The van der Waals surface area contributed by atoms with Crippen LogP contribution in [0, 0.1) is 0 Å². The molecule has 120 valence electrons. The molecule has 0 aliphatic heterocycles. The molecule has 4 N–H and O–H groups in total. The van der Waals surface area contributed by atoms with E-state index in [1.807, 2.05) is 74.5 Å². The van der Waals surface area contributed by atoms with E-state index in [0.29, 0.717) is 6.54 Å². The van der Waals surface area contributed by atoms with E-state index >= 15 is 0 Å². The van der Waals surface area contributed by atoms with Crippen LogP contribution in [0.1, 0.15) is 47.1 Å². The predicted octanol–water partition coefficient (Wildman–Crippen LogP) is 5.49. The minimum atomic E-state index is 0. The lowest BCUT2D eigenvalue weighted by Crippen LogP contribution is -1.94. The first kappa shape index (κ1) is 24.2. The number of hydrogen-bond donors (Lipinski definition) is 2. The van der Waals surface area contributed by atoms with Crippen LogP contribution in [0.25, 0.3) is 0 Å². The largest absolute Gasteiger partial charge is 0.399 e. The summed E-state index contributed by atoms with van der Waals surface area (Å²) in [6.07, 6.45) is 1.25. The molecule has 0 saturated heterocycles. The Balaban J connectivity index is -0.000000230. The highest BCUT2D eigenvalue weighted by Gasteiger charge is 1.80. The fourth-order valence-electron chi connectivity index (χ4n) is 1.07. The molecule has 0 fully saturated rings. The van der Waals surface area contributed by atoms with Crippen LogP contribution >= 0.6 is 0 Å². The van der Waals surface area contributed by atoms with Gasteiger partial charge in [-0.1, -0.05) is 90.1 Å². The molecule has 0 bridgehead atoms. The van der Waals surface area contributed by atoms with E-state index in [-0.39, 0.29) is 7.43 Å². The molecule has 2 rings (SSSR count). The maximum absolute atomic E-state index is 5.36. The van der Waals surface area contributed by atoms with Crippen molar-refractivity contribution in [1.29, 1.82) is 0 Å². The third-order valence-electron chi connectivity index (χ3n) is 1.88. The molecule has 2 aromatic carbocycles. The molecule has 2 heteroatoms. The van der Waals surface area contributed by atoms with Crippen LogP contribution in [-0.2, 0) is 6.54 Å². The van der Waals surface area contributed by atoms with Crippen molar-refractivity contribution in [3.8, 4) is 0 Å². The molecule has 2 nitrogen and oxygen atoms in total. The summed E-state index contributed by atoms with van der Waals surface area (Å²) < 4.78 is 0. The Labute approximate surface area is 132 Å². The highest BCUT2D eigenvalue weighted by Crippen LogP contribution is 1.96. The van der Waals surface area contributed by atoms with E-state index in [1.165, 1.54) is 12.0 Å². The topological polar surface area (TPSA) is 52.0 Å². The van der Waals surface area contributed by atoms with Crippen molar-refractivity contribution in [2.75, 3.05) is 5.73 Å². The van der Waals surface area contributed by atoms with Gasteiger partial charge in [0.1, 0.15) is 0 Å². The van der Waals surface area contributed by atoms with Crippen LogP contribution in [0.5, 0.6) is 0 Å². The standard InChI is InChI=1S/C7H9N.C6H7N.C3H8.C2H6.CH4/c8-6-7-4-2-1-3-5-7;7-6-4-2-1-3-5-6;1-3-2;1-2;/h1-5H,6,8H2;1-5H,7H2;3H2,1-2H3;1-2H3;1H4. The van der Waals surface area contributed by atoms with Gasteiger partial charge in [0.05, 0.1) is 0 Å². The Hall–Kier alpha value is -1.80. The number of hydrogen-bond acceptors (Lipinski definition) is 2. The molecule has 0 atom stereocenters. The van der Waals surface area contributed by atoms with Gasteiger partial charge in [0, 0.05) is 12.2 Å². The van der Waals surface area contributed by atoms with Gasteiger partial charge in [0.15, 0.2) is 0 Å². The van der Waals surface area contributed by atoms with Gasteiger partial charge in [0.2, 0.25) is 0 Å². The molecule has 0 amide bonds. The zero-order valence-electron chi connectivity index (χ0n) is 13.3. The summed E-state index contributed by atoms with van der Waals surface area (Å²) in [5, 5.41) is 0. The SMILES string of the molecule is C.CC.CCC.NCc1ccccc1.Nc1ccccc1. The van der Waals surface area contributed by atoms with Crippen molar-refractivity contribution in [2.24, 2.45) is 5.73 Å². The van der Waals surface area contributed by atoms with Crippen molar-refractivity contribution in [1.82, 2.24) is 0 Å². The average molecular weight is 290 g/mol. The molecule has 0 saturated carbocycles. The summed E-state index contributed by atoms with van der Waals surface area (Å²) in [7, 11) is 0. The Kier molecular flexibility index (Phi) is 23.7. The van der Waals surface area contributed by atoms with Gasteiger partial charge in [0.25, 0.3) is 0 Å². The number of anilines is 1. The van der Waals surface area contributed by atoms with E-state index in [1.54, 1.807) is 0 Å². The number of benzene rings is 2. The molecule has 0 spiro atoms. The van der Waals surface area contributed by atoms with Crippen molar-refractivity contribution in [2.45, 2.75) is 48.1 Å². The van der Waals surface area contributed by atoms with Gasteiger partial charge in [-0.05, 0) is 17.7 Å². The first-order valence-corrected chi connectivity index (χ1v) is 7.29. The number of nitrogen functional groups attached to an aromatic ring is 1. The Morgan fingerprint density at radius 1 is 0.762 bits per heavy atom. The smallest absolute Gasteiger partial charge is 0.0313 e. The summed E-state index contributed by atoms with van der Waals surface area (Å²) >= 11 is 0. The molecule has 21 heavy (non-hydrogen) atoms. The minimum absolute atomic E-state index is 0. The second-order valence-electron chi connectivity index (χ2n) is 3.81. The molecular weight excluding hydrogens is 256 g/mol. The highest BCUT2D eigenvalue weighted by atomic mass is 14.5. The number of para-hydroxylation sites is 1. The molecule has 0 aliphatic rings. The zero-order chi connectivity index (χ0) is 15.6. The van der Waals surface area contributed by atoms with E-state index in [2.05, 4.69) is 13.8 Å². The van der Waals surface area contributed by atoms with Gasteiger partial charge < -0.3 is 11.5 Å². The molecule has 0 radical (unpaired) electrons. The molecule has 0 heterocycles. The van der Waals surface area contributed by atoms with Crippen molar-refractivity contribution < 1.29 is 0 Å². The average Bonchev–Trinajstić information content (AvgIpc) is 2.52. The van der Waals surface area contributed by atoms with Crippen molar-refractivity contribution >= 4 is 5.69 Å². The number of rotatable bonds is 1. The summed E-state index contributed by atoms with van der Waals surface area (Å²) in [6, 6.07) is 19.5. The maximum atomic E-state index is 5.36. The van der Waals surface area contributed by atoms with E-state index in [9.17, 15) is 0 Å². The normalized spacial score (nSPS) is 7.48. The second-order valence-corrected chi connectivity index (χ2v) is 3.81. The van der Waals surface area contributed by atoms with Crippen molar-refractivity contribution in [3.63, 3.8) is 0 Å². The van der Waals surface area contributed by atoms with Gasteiger partial charge in [-0.25, -0.2) is 0 Å². The van der Waals surface area contributed by atoms with Crippen LogP contribution < -0.4 is 11.5 Å². The van der Waals surface area contributed by atoms with Crippen LogP contribution in [0.4, 0.5) is 5.69 Å². The first-order chi connectivity index (χ1) is 9.74. The van der Waals surface area contributed by atoms with Crippen molar-refractivity contribution in [3.05, 3.63) is 66.2 Å². The monoisotopic (exact) mass is 290 g/mol. The van der Waals surface area contributed by atoms with Crippen LogP contribution in [0.2, 0.25) is 0 Å². The van der Waals surface area contributed by atoms with E-state index in [4.69, 9.17) is 11.5 Å². The number of nitrogens with two attached hydrogens (primary N) is 2. The summed E-state index contributed by atoms with van der Waals surface area (Å²) in [6.45, 7) is 8.89. The van der Waals surface area contributed by atoms with Crippen LogP contribution in [0.15, 0.2) is 60.7 Å². The fraction of sp³-hybridized carbons (Fsp3) is 0.368. The Bertz CT molecular complexity index is 371. The molecular formula is C19H34N2. The zero-order valence-corrected chi connectivity index (χ0v) is 13.3. The predicted molar refractivity (Wildman–Crippen MR) is 99.2 cm³/mol. The van der Waals surface area contributed by atoms with Crippen LogP contribution in [0.3, 0.4) is 0 Å². The Morgan fingerprint density at radius 2 is 1.10 bits per heavy atom. The fourth-order valence-corrected chi connectivity index (χ4v) is 1.07. The third-order valence-corrected chi connectivity index (χ3v) is 1.88. The summed E-state index contributed by atoms with van der Waals surface area (Å²) in [5.41, 5.74) is 12.7. The van der Waals surface area contributed by atoms with Crippen LogP contribution in [-0.4, -0.2) is 0 Å². The van der Waals surface area contributed by atoms with E-state index in [0.717, 1.165) is 5.69 Å². The highest BCUT2D eigenvalue weighted by molar-refractivity contribution is 5.35. The Morgan fingerprint density at radius 3 is 1.29 bits per heavy atom. The summed E-state index contributed by atoms with van der Waals surface area (Å²) in [5.74, 6) is 0.